The van der Waals surface area contributed by atoms with E-state index in [1.807, 2.05) is 30.3 Å². The maximum atomic E-state index is 13.5. The molecule has 33 heavy (non-hydrogen) atoms. The summed E-state index contributed by atoms with van der Waals surface area (Å²) in [6.45, 7) is 0. The first kappa shape index (κ1) is 20.4. The third-order valence-corrected chi connectivity index (χ3v) is 5.53. The summed E-state index contributed by atoms with van der Waals surface area (Å²) < 4.78 is 5.72. The van der Waals surface area contributed by atoms with Gasteiger partial charge in [-0.3, -0.25) is 14.4 Å². The Bertz CT molecular complexity index is 1540. The molecule has 2 N–H and O–H groups in total. The van der Waals surface area contributed by atoms with Crippen LogP contribution in [0.15, 0.2) is 89.9 Å². The van der Waals surface area contributed by atoms with E-state index in [1.54, 1.807) is 54.7 Å². The van der Waals surface area contributed by atoms with Crippen molar-refractivity contribution in [2.24, 2.45) is 0 Å². The number of para-hydroxylation sites is 1. The smallest absolute Gasteiger partial charge is 0.313 e. The van der Waals surface area contributed by atoms with Crippen molar-refractivity contribution in [2.75, 3.05) is 0 Å². The largest absolute Gasteiger partial charge is 0.449 e. The number of benzene rings is 3. The molecule has 162 valence electrons. The molecule has 7 nitrogen and oxygen atoms in total. The Balaban J connectivity index is 1.47. The van der Waals surface area contributed by atoms with E-state index in [2.05, 4.69) is 15.2 Å². The average molecular weight is 437 g/mol. The van der Waals surface area contributed by atoms with Gasteiger partial charge >= 0.3 is 5.97 Å². The zero-order chi connectivity index (χ0) is 22.8. The maximum Gasteiger partial charge on any atom is 0.313 e. The zero-order valence-corrected chi connectivity index (χ0v) is 17.4. The molecule has 0 radical (unpaired) electrons. The number of rotatable bonds is 6. The van der Waals surface area contributed by atoms with Crippen LogP contribution in [0.4, 0.5) is 0 Å². The van der Waals surface area contributed by atoms with E-state index in [1.165, 1.54) is 0 Å². The van der Waals surface area contributed by atoms with Gasteiger partial charge in [-0.05, 0) is 12.1 Å². The van der Waals surface area contributed by atoms with Gasteiger partial charge in [0.05, 0.1) is 17.5 Å². The van der Waals surface area contributed by atoms with Crippen LogP contribution in [-0.4, -0.2) is 26.9 Å². The van der Waals surface area contributed by atoms with Crippen molar-refractivity contribution in [3.8, 4) is 0 Å². The number of ketones is 1. The lowest BCUT2D eigenvalue weighted by Crippen LogP contribution is -2.22. The summed E-state index contributed by atoms with van der Waals surface area (Å²) in [7, 11) is 0. The molecule has 0 aliphatic heterocycles. The van der Waals surface area contributed by atoms with Crippen LogP contribution in [0, 0.1) is 0 Å². The molecule has 2 heterocycles. The summed E-state index contributed by atoms with van der Waals surface area (Å²) in [4.78, 5) is 41.6. The Kier molecular flexibility index (Phi) is 5.28. The van der Waals surface area contributed by atoms with Crippen molar-refractivity contribution in [1.29, 1.82) is 0 Å². The van der Waals surface area contributed by atoms with E-state index < -0.39 is 12.1 Å². The number of ether oxygens (including phenoxy) is 1. The predicted octanol–water partition coefficient (Wildman–Crippen LogP) is 4.11. The number of hydrogen-bond acceptors (Lipinski definition) is 5. The summed E-state index contributed by atoms with van der Waals surface area (Å²) in [6, 6.07) is 23.3. The van der Waals surface area contributed by atoms with Crippen molar-refractivity contribution < 1.29 is 14.3 Å². The van der Waals surface area contributed by atoms with Crippen LogP contribution in [0.25, 0.3) is 21.7 Å². The number of nitrogens with zero attached hydrogens (tertiary/aromatic N) is 1. The van der Waals surface area contributed by atoms with E-state index in [0.29, 0.717) is 27.6 Å². The predicted molar refractivity (Wildman–Crippen MR) is 124 cm³/mol. The fourth-order valence-corrected chi connectivity index (χ4v) is 3.93. The highest BCUT2D eigenvalue weighted by molar-refractivity contribution is 6.10. The molecule has 0 amide bonds. The number of esters is 1. The first-order valence-electron chi connectivity index (χ1n) is 10.4. The molecular weight excluding hydrogens is 418 g/mol. The fourth-order valence-electron chi connectivity index (χ4n) is 3.93. The lowest BCUT2D eigenvalue weighted by molar-refractivity contribution is -0.146. The number of carbonyl (C=O) groups is 2. The van der Waals surface area contributed by atoms with Gasteiger partial charge in [-0.15, -0.1) is 0 Å². The molecule has 0 aliphatic rings. The first-order valence-corrected chi connectivity index (χ1v) is 10.4. The van der Waals surface area contributed by atoms with Gasteiger partial charge in [-0.1, -0.05) is 66.7 Å². The zero-order valence-electron chi connectivity index (χ0n) is 17.4. The summed E-state index contributed by atoms with van der Waals surface area (Å²) in [6.07, 6.45) is 0.321. The molecule has 0 bridgehead atoms. The highest BCUT2D eigenvalue weighted by Crippen LogP contribution is 2.27. The molecule has 0 saturated heterocycles. The fraction of sp³-hybridized carbons (Fsp3) is 0.0769. The van der Waals surface area contributed by atoms with Gasteiger partial charge in [0.15, 0.2) is 6.10 Å². The summed E-state index contributed by atoms with van der Waals surface area (Å²) in [5.74, 6) is -0.951. The van der Waals surface area contributed by atoms with Gasteiger partial charge in [0.2, 0.25) is 5.78 Å². The Hall–Kier alpha value is -4.52. The molecule has 0 unspecified atom stereocenters. The molecule has 5 rings (SSSR count). The molecule has 3 aromatic carbocycles. The van der Waals surface area contributed by atoms with Gasteiger partial charge in [0, 0.05) is 33.6 Å². The lowest BCUT2D eigenvalue weighted by atomic mass is 9.99. The number of Topliss-reactive ketones (excluding diaryl/α,β-unsaturated/α-hetero) is 1. The van der Waals surface area contributed by atoms with Crippen molar-refractivity contribution in [1.82, 2.24) is 15.2 Å². The molecular formula is C26H19N3O4. The highest BCUT2D eigenvalue weighted by Gasteiger charge is 2.28. The minimum atomic E-state index is -1.12. The standard InChI is InChI=1S/C26H19N3O4/c30-23(14-22-17-10-4-5-12-19(17)26(32)29-28-22)33-25(16-8-2-1-3-9-16)24(31)20-15-27-21-13-7-6-11-18(20)21/h1-13,15,25,27H,14H2,(H,29,32)/t25-/m1/s1. The normalized spacial score (nSPS) is 12.0. The quantitative estimate of drug-likeness (QED) is 0.307. The van der Waals surface area contributed by atoms with E-state index in [4.69, 9.17) is 4.74 Å². The minimum absolute atomic E-state index is 0.193. The Labute approximate surface area is 188 Å². The first-order chi connectivity index (χ1) is 16.1. The van der Waals surface area contributed by atoms with Crippen LogP contribution in [0.1, 0.15) is 27.7 Å². The van der Waals surface area contributed by atoms with Crippen molar-refractivity contribution in [2.45, 2.75) is 12.5 Å². The molecule has 0 spiro atoms. The second-order valence-electron chi connectivity index (χ2n) is 7.61. The SMILES string of the molecule is O=C(Cc1n[nH]c(=O)c2ccccc12)O[C@@H](C(=O)c1c[nH]c2ccccc12)c1ccccc1. The van der Waals surface area contributed by atoms with Crippen molar-refractivity contribution in [3.63, 3.8) is 0 Å². The molecule has 0 fully saturated rings. The summed E-state index contributed by atoms with van der Waals surface area (Å²) in [5.41, 5.74) is 1.88. The van der Waals surface area contributed by atoms with Gasteiger partial charge < -0.3 is 9.72 Å². The van der Waals surface area contributed by atoms with Crippen LogP contribution in [-0.2, 0) is 16.0 Å². The van der Waals surface area contributed by atoms with Crippen LogP contribution in [0.5, 0.6) is 0 Å². The van der Waals surface area contributed by atoms with Crippen LogP contribution < -0.4 is 5.56 Å². The number of carbonyl (C=O) groups excluding carboxylic acids is 2. The van der Waals surface area contributed by atoms with E-state index in [9.17, 15) is 14.4 Å². The topological polar surface area (TPSA) is 105 Å². The van der Waals surface area contributed by atoms with Crippen molar-refractivity contribution >= 4 is 33.4 Å². The number of fused-ring (bicyclic) bond motifs is 2. The number of nitrogens with one attached hydrogen (secondary N) is 2. The molecule has 0 aliphatic carbocycles. The van der Waals surface area contributed by atoms with Gasteiger partial charge in [-0.2, -0.15) is 5.10 Å². The molecule has 5 aromatic rings. The molecule has 7 heteroatoms. The average Bonchev–Trinajstić information content (AvgIpc) is 3.29. The van der Waals surface area contributed by atoms with Crippen LogP contribution in [0.2, 0.25) is 0 Å². The Morgan fingerprint density at radius 2 is 1.52 bits per heavy atom. The third-order valence-electron chi connectivity index (χ3n) is 5.53. The Morgan fingerprint density at radius 3 is 2.30 bits per heavy atom. The third kappa shape index (κ3) is 3.92. The van der Waals surface area contributed by atoms with Gasteiger partial charge in [0.1, 0.15) is 0 Å². The lowest BCUT2D eigenvalue weighted by Gasteiger charge is -2.17. The summed E-state index contributed by atoms with van der Waals surface area (Å²) >= 11 is 0. The monoisotopic (exact) mass is 437 g/mol. The molecule has 1 atom stereocenters. The van der Waals surface area contributed by atoms with Gasteiger partial charge in [0.25, 0.3) is 5.56 Å². The number of hydrogen-bond donors (Lipinski definition) is 2. The number of aromatic nitrogens is 3. The second-order valence-corrected chi connectivity index (χ2v) is 7.61. The van der Waals surface area contributed by atoms with Crippen LogP contribution in [0.3, 0.4) is 0 Å². The second kappa shape index (κ2) is 8.55. The van der Waals surface area contributed by atoms with Crippen LogP contribution >= 0.6 is 0 Å². The maximum absolute atomic E-state index is 13.5. The van der Waals surface area contributed by atoms with Crippen molar-refractivity contribution in [3.05, 3.63) is 112 Å². The van der Waals surface area contributed by atoms with Gasteiger partial charge in [-0.25, -0.2) is 5.10 Å². The number of H-pyrrole nitrogens is 2. The summed E-state index contributed by atoms with van der Waals surface area (Å²) in [5, 5.41) is 8.21. The highest BCUT2D eigenvalue weighted by atomic mass is 16.5. The minimum Gasteiger partial charge on any atom is -0.449 e. The Morgan fingerprint density at radius 1 is 0.848 bits per heavy atom. The number of aromatic amines is 2. The molecule has 2 aromatic heterocycles. The van der Waals surface area contributed by atoms with E-state index >= 15 is 0 Å². The molecule has 0 saturated carbocycles. The van der Waals surface area contributed by atoms with E-state index in [0.717, 1.165) is 10.9 Å². The van der Waals surface area contributed by atoms with E-state index in [-0.39, 0.29) is 17.8 Å².